The molecule has 0 bridgehead atoms. The fourth-order valence-electron chi connectivity index (χ4n) is 1.43. The summed E-state index contributed by atoms with van der Waals surface area (Å²) in [5.74, 6) is 0. The number of hydrogen-bond acceptors (Lipinski definition) is 1. The van der Waals surface area contributed by atoms with Crippen LogP contribution in [-0.4, -0.2) is 8.96 Å². The Hall–Kier alpha value is -0.190. The van der Waals surface area contributed by atoms with Crippen LogP contribution in [0.25, 0.3) is 0 Å². The van der Waals surface area contributed by atoms with E-state index in [9.17, 15) is 4.21 Å². The Kier molecular flexibility index (Phi) is 5.35. The predicted molar refractivity (Wildman–Crippen MR) is 78.2 cm³/mol. The molecule has 0 spiro atoms. The van der Waals surface area contributed by atoms with Crippen LogP contribution in [0.2, 0.25) is 0 Å². The van der Waals surface area contributed by atoms with E-state index in [-0.39, 0.29) is 10.8 Å². The molecule has 1 unspecified atom stereocenters. The van der Waals surface area contributed by atoms with E-state index in [0.717, 1.165) is 16.5 Å². The van der Waals surface area contributed by atoms with Gasteiger partial charge in [0.2, 0.25) is 0 Å². The Labute approximate surface area is 115 Å². The summed E-state index contributed by atoms with van der Waals surface area (Å²) in [7, 11) is -1.05. The molecule has 0 aromatic heterocycles. The van der Waals surface area contributed by atoms with Gasteiger partial charge in [-0.05, 0) is 38.8 Å². The van der Waals surface area contributed by atoms with Gasteiger partial charge in [-0.3, -0.25) is 0 Å². The molecule has 0 aliphatic heterocycles. The maximum atomic E-state index is 12.1. The molecule has 17 heavy (non-hydrogen) atoms. The summed E-state index contributed by atoms with van der Waals surface area (Å²) in [6.07, 6.45) is 0.907. The zero-order chi connectivity index (χ0) is 13.1. The molecule has 0 aliphatic carbocycles. The topological polar surface area (TPSA) is 29.1 Å². The van der Waals surface area contributed by atoms with Crippen molar-refractivity contribution in [3.63, 3.8) is 0 Å². The van der Waals surface area contributed by atoms with Gasteiger partial charge < -0.3 is 0 Å². The highest BCUT2D eigenvalue weighted by atomic mass is 79.9. The molecule has 0 heterocycles. The summed E-state index contributed by atoms with van der Waals surface area (Å²) < 4.78 is 16.1. The van der Waals surface area contributed by atoms with Crippen molar-refractivity contribution >= 4 is 26.9 Å². The van der Waals surface area contributed by atoms with E-state index in [4.69, 9.17) is 0 Å². The van der Waals surface area contributed by atoms with E-state index in [1.54, 1.807) is 0 Å². The first kappa shape index (κ1) is 14.9. The van der Waals surface area contributed by atoms with Gasteiger partial charge in [-0.15, -0.1) is 0 Å². The zero-order valence-corrected chi connectivity index (χ0v) is 13.2. The summed E-state index contributed by atoms with van der Waals surface area (Å²) in [4.78, 5) is 0. The van der Waals surface area contributed by atoms with Gasteiger partial charge in [0.05, 0.1) is 15.7 Å². The molecular weight excluding hydrogens is 298 g/mol. The first-order chi connectivity index (χ1) is 7.86. The van der Waals surface area contributed by atoms with Crippen LogP contribution in [0.1, 0.15) is 45.7 Å². The van der Waals surface area contributed by atoms with Crippen LogP contribution in [0.5, 0.6) is 0 Å². The quantitative estimate of drug-likeness (QED) is 0.895. The second-order valence-corrected chi connectivity index (χ2v) is 7.83. The predicted octanol–water partition coefficient (Wildman–Crippen LogP) is 3.95. The standard InChI is InChI=1S/C13H20BrNOS/c1-5-12(15-17(16)13(2,3)4)10-8-6-7-9-11(10)14/h6-9,12,15H,5H2,1-4H3/t12-,17?/m1/s1. The van der Waals surface area contributed by atoms with Crippen molar-refractivity contribution in [2.24, 2.45) is 0 Å². The van der Waals surface area contributed by atoms with Gasteiger partial charge in [0.15, 0.2) is 0 Å². The number of nitrogens with one attached hydrogen (secondary N) is 1. The van der Waals surface area contributed by atoms with Crippen LogP contribution in [-0.2, 0) is 11.0 Å². The molecule has 0 saturated carbocycles. The lowest BCUT2D eigenvalue weighted by atomic mass is 10.1. The molecule has 0 amide bonds. The van der Waals surface area contributed by atoms with Gasteiger partial charge in [0.25, 0.3) is 0 Å². The molecule has 1 N–H and O–H groups in total. The van der Waals surface area contributed by atoms with Gasteiger partial charge in [-0.25, -0.2) is 8.93 Å². The van der Waals surface area contributed by atoms with Gasteiger partial charge in [0, 0.05) is 10.5 Å². The molecule has 4 heteroatoms. The monoisotopic (exact) mass is 317 g/mol. The zero-order valence-electron chi connectivity index (χ0n) is 10.8. The van der Waals surface area contributed by atoms with Crippen LogP contribution in [0, 0.1) is 0 Å². The molecule has 0 radical (unpaired) electrons. The molecule has 0 saturated heterocycles. The van der Waals surface area contributed by atoms with Crippen molar-refractivity contribution in [3.8, 4) is 0 Å². The number of halogens is 1. The highest BCUT2D eigenvalue weighted by molar-refractivity contribution is 9.10. The van der Waals surface area contributed by atoms with E-state index in [0.29, 0.717) is 0 Å². The van der Waals surface area contributed by atoms with Gasteiger partial charge in [-0.2, -0.15) is 0 Å². The first-order valence-electron chi connectivity index (χ1n) is 5.78. The van der Waals surface area contributed by atoms with Crippen LogP contribution in [0.4, 0.5) is 0 Å². The highest BCUT2D eigenvalue weighted by Gasteiger charge is 2.23. The fraction of sp³-hybridized carbons (Fsp3) is 0.538. The minimum absolute atomic E-state index is 0.116. The Bertz CT molecular complexity index is 401. The molecule has 1 rings (SSSR count). The average molecular weight is 318 g/mol. The van der Waals surface area contributed by atoms with Crippen molar-refractivity contribution < 1.29 is 4.21 Å². The fourth-order valence-corrected chi connectivity index (χ4v) is 2.90. The third-order valence-electron chi connectivity index (χ3n) is 2.49. The molecule has 2 nitrogen and oxygen atoms in total. The van der Waals surface area contributed by atoms with Crippen molar-refractivity contribution in [2.75, 3.05) is 0 Å². The van der Waals surface area contributed by atoms with Crippen molar-refractivity contribution in [2.45, 2.75) is 44.9 Å². The summed E-state index contributed by atoms with van der Waals surface area (Å²) in [5.41, 5.74) is 1.16. The third-order valence-corrected chi connectivity index (χ3v) is 4.83. The Morgan fingerprint density at radius 2 is 1.94 bits per heavy atom. The van der Waals surface area contributed by atoms with E-state index in [1.807, 2.05) is 39.0 Å². The molecule has 1 aromatic rings. The Morgan fingerprint density at radius 1 is 1.35 bits per heavy atom. The van der Waals surface area contributed by atoms with Gasteiger partial charge in [-0.1, -0.05) is 41.1 Å². The summed E-state index contributed by atoms with van der Waals surface area (Å²) >= 11 is 3.54. The summed E-state index contributed by atoms with van der Waals surface area (Å²) in [6.45, 7) is 8.02. The Balaban J connectivity index is 2.87. The highest BCUT2D eigenvalue weighted by Crippen LogP contribution is 2.26. The third kappa shape index (κ3) is 4.19. The van der Waals surface area contributed by atoms with Crippen LogP contribution >= 0.6 is 15.9 Å². The lowest BCUT2D eigenvalue weighted by Gasteiger charge is -2.24. The Morgan fingerprint density at radius 3 is 2.41 bits per heavy atom. The minimum Gasteiger partial charge on any atom is -0.242 e. The molecule has 0 aliphatic rings. The normalized spacial score (nSPS) is 15.6. The number of rotatable bonds is 4. The maximum absolute atomic E-state index is 12.1. The van der Waals surface area contributed by atoms with E-state index >= 15 is 0 Å². The lowest BCUT2D eigenvalue weighted by Crippen LogP contribution is -2.35. The van der Waals surface area contributed by atoms with Crippen molar-refractivity contribution in [3.05, 3.63) is 34.3 Å². The molecular formula is C13H20BrNOS. The lowest BCUT2D eigenvalue weighted by molar-refractivity contribution is 0.588. The largest absolute Gasteiger partial charge is 0.242 e. The van der Waals surface area contributed by atoms with Crippen molar-refractivity contribution in [1.29, 1.82) is 0 Å². The van der Waals surface area contributed by atoms with E-state index < -0.39 is 11.0 Å². The second kappa shape index (κ2) is 6.12. The molecule has 1 aromatic carbocycles. The smallest absolute Gasteiger partial charge is 0.0975 e. The maximum Gasteiger partial charge on any atom is 0.0975 e. The van der Waals surface area contributed by atoms with E-state index in [1.165, 1.54) is 0 Å². The van der Waals surface area contributed by atoms with Crippen LogP contribution in [0.3, 0.4) is 0 Å². The summed E-state index contributed by atoms with van der Waals surface area (Å²) in [6, 6.07) is 8.18. The SMILES string of the molecule is CC[C@@H](NS(=O)C(C)(C)C)c1ccccc1Br. The van der Waals surface area contributed by atoms with Gasteiger partial charge >= 0.3 is 0 Å². The second-order valence-electron chi connectivity index (χ2n) is 4.98. The molecule has 96 valence electrons. The average Bonchev–Trinajstić information content (AvgIpc) is 2.25. The minimum atomic E-state index is -1.05. The van der Waals surface area contributed by atoms with Crippen LogP contribution < -0.4 is 4.72 Å². The van der Waals surface area contributed by atoms with E-state index in [2.05, 4.69) is 33.6 Å². The molecule has 0 fully saturated rings. The van der Waals surface area contributed by atoms with Gasteiger partial charge in [0.1, 0.15) is 0 Å². The van der Waals surface area contributed by atoms with Crippen molar-refractivity contribution in [1.82, 2.24) is 4.72 Å². The van der Waals surface area contributed by atoms with Crippen LogP contribution in [0.15, 0.2) is 28.7 Å². The number of benzene rings is 1. The first-order valence-corrected chi connectivity index (χ1v) is 7.73. The number of hydrogen-bond donors (Lipinski definition) is 1. The summed E-state index contributed by atoms with van der Waals surface area (Å²) in [5, 5.41) is 0. The molecule has 2 atom stereocenters.